The summed E-state index contributed by atoms with van der Waals surface area (Å²) in [4.78, 5) is 15.0. The van der Waals surface area contributed by atoms with Gasteiger partial charge < -0.3 is 9.84 Å². The van der Waals surface area contributed by atoms with Crippen LogP contribution in [0.25, 0.3) is 22.8 Å². The molecular weight excluding hydrogens is 296 g/mol. The third kappa shape index (κ3) is 2.89. The van der Waals surface area contributed by atoms with Crippen LogP contribution in [-0.4, -0.2) is 22.1 Å². The summed E-state index contributed by atoms with van der Waals surface area (Å²) in [6.07, 6.45) is 0. The molecule has 1 aromatic heterocycles. The van der Waals surface area contributed by atoms with E-state index in [1.54, 1.807) is 19.2 Å². The van der Waals surface area contributed by atoms with Gasteiger partial charge in [0.15, 0.2) is 0 Å². The van der Waals surface area contributed by atoms with E-state index in [1.165, 1.54) is 6.07 Å². The Kier molecular flexibility index (Phi) is 3.76. The zero-order valence-corrected chi connectivity index (χ0v) is 12.6. The van der Waals surface area contributed by atoms with Gasteiger partial charge in [-0.1, -0.05) is 35.0 Å². The largest absolute Gasteiger partial charge is 0.383 e. The van der Waals surface area contributed by atoms with Crippen molar-refractivity contribution in [2.75, 3.05) is 12.4 Å². The summed E-state index contributed by atoms with van der Waals surface area (Å²) in [5.41, 5.74) is 2.85. The number of aromatic nitrogens is 2. The van der Waals surface area contributed by atoms with Gasteiger partial charge in [0.25, 0.3) is 11.6 Å². The summed E-state index contributed by atoms with van der Waals surface area (Å²) >= 11 is 0. The van der Waals surface area contributed by atoms with Crippen molar-refractivity contribution in [2.24, 2.45) is 0 Å². The molecule has 0 radical (unpaired) electrons. The fourth-order valence-corrected chi connectivity index (χ4v) is 2.19. The van der Waals surface area contributed by atoms with Crippen LogP contribution in [-0.2, 0) is 0 Å². The summed E-state index contributed by atoms with van der Waals surface area (Å²) < 4.78 is 5.24. The first kappa shape index (κ1) is 14.7. The highest BCUT2D eigenvalue weighted by molar-refractivity contribution is 5.70. The van der Waals surface area contributed by atoms with Crippen molar-refractivity contribution in [3.05, 3.63) is 58.1 Å². The van der Waals surface area contributed by atoms with E-state index in [0.717, 1.165) is 11.1 Å². The summed E-state index contributed by atoms with van der Waals surface area (Å²) in [5.74, 6) is 0.687. The number of benzene rings is 2. The van der Waals surface area contributed by atoms with E-state index in [-0.39, 0.29) is 11.6 Å². The van der Waals surface area contributed by atoms with Crippen molar-refractivity contribution in [2.45, 2.75) is 6.92 Å². The first-order valence-electron chi connectivity index (χ1n) is 6.96. The van der Waals surface area contributed by atoms with Gasteiger partial charge in [0, 0.05) is 24.2 Å². The van der Waals surface area contributed by atoms with Crippen LogP contribution in [0.2, 0.25) is 0 Å². The third-order valence-electron chi connectivity index (χ3n) is 3.45. The van der Waals surface area contributed by atoms with Crippen LogP contribution in [0, 0.1) is 17.0 Å². The molecule has 0 fully saturated rings. The average molecular weight is 310 g/mol. The van der Waals surface area contributed by atoms with Crippen LogP contribution in [0.4, 0.5) is 11.4 Å². The Morgan fingerprint density at radius 1 is 1.13 bits per heavy atom. The number of nitro groups is 1. The smallest absolute Gasteiger partial charge is 0.293 e. The van der Waals surface area contributed by atoms with Gasteiger partial charge in [0.2, 0.25) is 5.82 Å². The molecule has 0 saturated heterocycles. The Hall–Kier alpha value is -3.22. The molecule has 0 atom stereocenters. The summed E-state index contributed by atoms with van der Waals surface area (Å²) in [5, 5.41) is 17.8. The quantitative estimate of drug-likeness (QED) is 0.583. The maximum atomic E-state index is 11.1. The van der Waals surface area contributed by atoms with Gasteiger partial charge in [-0.25, -0.2) is 0 Å². The van der Waals surface area contributed by atoms with Crippen LogP contribution < -0.4 is 5.32 Å². The number of anilines is 1. The molecule has 23 heavy (non-hydrogen) atoms. The first-order valence-corrected chi connectivity index (χ1v) is 6.96. The van der Waals surface area contributed by atoms with Crippen LogP contribution in [0.3, 0.4) is 0 Å². The van der Waals surface area contributed by atoms with Gasteiger partial charge >= 0.3 is 0 Å². The molecule has 0 amide bonds. The molecule has 0 saturated carbocycles. The average Bonchev–Trinajstić information content (AvgIpc) is 3.04. The Morgan fingerprint density at radius 2 is 1.83 bits per heavy atom. The van der Waals surface area contributed by atoms with Crippen molar-refractivity contribution >= 4 is 11.4 Å². The molecule has 1 heterocycles. The van der Waals surface area contributed by atoms with Crippen molar-refractivity contribution < 1.29 is 9.45 Å². The van der Waals surface area contributed by atoms with Crippen LogP contribution in [0.1, 0.15) is 5.56 Å². The maximum Gasteiger partial charge on any atom is 0.293 e. The van der Waals surface area contributed by atoms with Crippen molar-refractivity contribution in [3.8, 4) is 22.8 Å². The lowest BCUT2D eigenvalue weighted by Gasteiger charge is -2.02. The molecule has 0 spiro atoms. The van der Waals surface area contributed by atoms with Gasteiger partial charge in [-0.05, 0) is 19.1 Å². The van der Waals surface area contributed by atoms with Crippen molar-refractivity contribution in [1.82, 2.24) is 10.1 Å². The van der Waals surface area contributed by atoms with Gasteiger partial charge in [0.1, 0.15) is 5.69 Å². The number of hydrogen-bond acceptors (Lipinski definition) is 6. The molecule has 0 aliphatic heterocycles. The highest BCUT2D eigenvalue weighted by atomic mass is 16.6. The second kappa shape index (κ2) is 5.88. The molecule has 116 valence electrons. The van der Waals surface area contributed by atoms with E-state index in [4.69, 9.17) is 4.52 Å². The minimum absolute atomic E-state index is 0.0416. The number of rotatable bonds is 4. The Balaban J connectivity index is 1.98. The highest BCUT2D eigenvalue weighted by Crippen LogP contribution is 2.30. The molecule has 0 bridgehead atoms. The lowest BCUT2D eigenvalue weighted by molar-refractivity contribution is -0.383. The zero-order valence-electron chi connectivity index (χ0n) is 12.6. The molecule has 1 N–H and O–H groups in total. The zero-order chi connectivity index (χ0) is 16.4. The van der Waals surface area contributed by atoms with E-state index in [2.05, 4.69) is 15.5 Å². The number of nitrogens with zero attached hydrogens (tertiary/aromatic N) is 3. The molecule has 0 aliphatic carbocycles. The van der Waals surface area contributed by atoms with Crippen LogP contribution >= 0.6 is 0 Å². The summed E-state index contributed by atoms with van der Waals surface area (Å²) in [6.45, 7) is 1.99. The molecule has 3 rings (SSSR count). The molecule has 7 nitrogen and oxygen atoms in total. The van der Waals surface area contributed by atoms with E-state index >= 15 is 0 Å². The van der Waals surface area contributed by atoms with Crippen molar-refractivity contribution in [3.63, 3.8) is 0 Å². The molecular formula is C16H14N4O3. The summed E-state index contributed by atoms with van der Waals surface area (Å²) in [7, 11) is 1.63. The number of aryl methyl sites for hydroxylation is 1. The topological polar surface area (TPSA) is 94.1 Å². The second-order valence-corrected chi connectivity index (χ2v) is 5.03. The molecule has 0 unspecified atom stereocenters. The van der Waals surface area contributed by atoms with E-state index in [0.29, 0.717) is 17.1 Å². The monoisotopic (exact) mass is 310 g/mol. The number of hydrogen-bond donors (Lipinski definition) is 1. The predicted molar refractivity (Wildman–Crippen MR) is 86.1 cm³/mol. The number of nitro benzene ring substituents is 1. The lowest BCUT2D eigenvalue weighted by atomic mass is 10.1. The Labute approximate surface area is 132 Å². The highest BCUT2D eigenvalue weighted by Gasteiger charge is 2.17. The fraction of sp³-hybridized carbons (Fsp3) is 0.125. The lowest BCUT2D eigenvalue weighted by Crippen LogP contribution is -1.96. The second-order valence-electron chi connectivity index (χ2n) is 5.03. The minimum atomic E-state index is -0.452. The summed E-state index contributed by atoms with van der Waals surface area (Å²) in [6, 6.07) is 12.4. The predicted octanol–water partition coefficient (Wildman–Crippen LogP) is 3.66. The minimum Gasteiger partial charge on any atom is -0.383 e. The molecule has 0 aliphatic rings. The van der Waals surface area contributed by atoms with Gasteiger partial charge in [-0.15, -0.1) is 0 Å². The van der Waals surface area contributed by atoms with E-state index in [9.17, 15) is 10.1 Å². The van der Waals surface area contributed by atoms with Crippen molar-refractivity contribution in [1.29, 1.82) is 0 Å². The Morgan fingerprint density at radius 3 is 2.48 bits per heavy atom. The first-order chi connectivity index (χ1) is 11.1. The SMILES string of the molecule is CNc1ccc(-c2nc(-c3ccc(C)cc3)no2)cc1[N+](=O)[O-]. The van der Waals surface area contributed by atoms with Crippen LogP contribution in [0.15, 0.2) is 47.0 Å². The van der Waals surface area contributed by atoms with Crippen LogP contribution in [0.5, 0.6) is 0 Å². The number of nitrogens with one attached hydrogen (secondary N) is 1. The standard InChI is InChI=1S/C16H14N4O3/c1-10-3-5-11(6-4-10)15-18-16(23-19-15)12-7-8-13(17-2)14(9-12)20(21)22/h3-9,17H,1-2H3. The molecule has 2 aromatic carbocycles. The molecule has 7 heteroatoms. The Bertz CT molecular complexity index is 856. The van der Waals surface area contributed by atoms with Gasteiger partial charge in [0.05, 0.1) is 4.92 Å². The fourth-order valence-electron chi connectivity index (χ4n) is 2.19. The maximum absolute atomic E-state index is 11.1. The van der Waals surface area contributed by atoms with Gasteiger partial charge in [-0.3, -0.25) is 10.1 Å². The van der Waals surface area contributed by atoms with E-state index in [1.807, 2.05) is 31.2 Å². The third-order valence-corrected chi connectivity index (χ3v) is 3.45. The molecule has 3 aromatic rings. The van der Waals surface area contributed by atoms with E-state index < -0.39 is 4.92 Å². The van der Waals surface area contributed by atoms with Gasteiger partial charge in [-0.2, -0.15) is 4.98 Å². The normalized spacial score (nSPS) is 10.5.